The molecule has 130 valence electrons. The van der Waals surface area contributed by atoms with Gasteiger partial charge < -0.3 is 15.2 Å². The fourth-order valence-electron chi connectivity index (χ4n) is 1.90. The minimum Gasteiger partial charge on any atom is -0.491 e. The van der Waals surface area contributed by atoms with Crippen LogP contribution < -0.4 is 10.1 Å². The third-order valence-electron chi connectivity index (χ3n) is 3.22. The Morgan fingerprint density at radius 2 is 1.96 bits per heavy atom. The van der Waals surface area contributed by atoms with Crippen molar-refractivity contribution in [2.45, 2.75) is 25.5 Å². The molecule has 5 nitrogen and oxygen atoms in total. The molecular weight excluding hydrogens is 340 g/mol. The highest BCUT2D eigenvalue weighted by atomic mass is 35.5. The fourth-order valence-corrected chi connectivity index (χ4v) is 2.03. The summed E-state index contributed by atoms with van der Waals surface area (Å²) in [6, 6.07) is 7.58. The zero-order valence-corrected chi connectivity index (χ0v) is 13.8. The number of hydrogen-bond donors (Lipinski definition) is 2. The molecule has 2 rings (SSSR count). The number of aromatic nitrogens is 2. The highest BCUT2D eigenvalue weighted by Gasteiger charge is 2.15. The molecule has 0 radical (unpaired) electrons. The lowest BCUT2D eigenvalue weighted by Gasteiger charge is -2.17. The van der Waals surface area contributed by atoms with Crippen molar-refractivity contribution >= 4 is 11.6 Å². The Kier molecular flexibility index (Phi) is 6.84. The Labute approximate surface area is 143 Å². The number of halogens is 3. The van der Waals surface area contributed by atoms with Crippen molar-refractivity contribution in [1.29, 1.82) is 0 Å². The summed E-state index contributed by atoms with van der Waals surface area (Å²) in [7, 11) is 0. The first kappa shape index (κ1) is 18.5. The van der Waals surface area contributed by atoms with Gasteiger partial charge in [-0.05, 0) is 37.3 Å². The van der Waals surface area contributed by atoms with Gasteiger partial charge >= 0.3 is 0 Å². The second kappa shape index (κ2) is 8.86. The van der Waals surface area contributed by atoms with Crippen molar-refractivity contribution in [3.05, 3.63) is 53.1 Å². The maximum absolute atomic E-state index is 12.6. The predicted molar refractivity (Wildman–Crippen MR) is 86.4 cm³/mol. The quantitative estimate of drug-likeness (QED) is 0.759. The van der Waals surface area contributed by atoms with Crippen LogP contribution in [0.25, 0.3) is 0 Å². The number of aliphatic hydroxyl groups is 1. The molecule has 0 saturated heterocycles. The van der Waals surface area contributed by atoms with E-state index in [1.807, 2.05) is 0 Å². The third kappa shape index (κ3) is 5.67. The second-order valence-electron chi connectivity index (χ2n) is 5.19. The molecule has 2 N–H and O–H groups in total. The molecule has 0 aliphatic carbocycles. The Bertz CT molecular complexity index is 643. The Hall–Kier alpha value is -1.83. The van der Waals surface area contributed by atoms with Gasteiger partial charge in [0, 0.05) is 17.8 Å². The van der Waals surface area contributed by atoms with Gasteiger partial charge in [0.05, 0.1) is 6.04 Å². The van der Waals surface area contributed by atoms with Gasteiger partial charge in [-0.15, -0.1) is 0 Å². The number of aliphatic hydroxyl groups excluding tert-OH is 1. The van der Waals surface area contributed by atoms with Crippen molar-refractivity contribution in [3.8, 4) is 5.75 Å². The number of nitrogens with zero attached hydrogens (tertiary/aromatic N) is 2. The summed E-state index contributed by atoms with van der Waals surface area (Å²) < 4.78 is 30.7. The molecule has 1 aromatic carbocycles. The van der Waals surface area contributed by atoms with E-state index in [4.69, 9.17) is 16.3 Å². The number of nitrogens with one attached hydrogen (secondary N) is 1. The van der Waals surface area contributed by atoms with E-state index in [0.29, 0.717) is 10.8 Å². The highest BCUT2D eigenvalue weighted by Crippen LogP contribution is 2.17. The van der Waals surface area contributed by atoms with Crippen LogP contribution in [0.2, 0.25) is 5.02 Å². The van der Waals surface area contributed by atoms with Gasteiger partial charge in [-0.2, -0.15) is 0 Å². The second-order valence-corrected chi connectivity index (χ2v) is 5.63. The molecule has 0 aliphatic heterocycles. The van der Waals surface area contributed by atoms with Crippen LogP contribution >= 0.6 is 11.6 Å². The minimum atomic E-state index is -2.64. The van der Waals surface area contributed by atoms with E-state index < -0.39 is 12.5 Å². The van der Waals surface area contributed by atoms with Crippen LogP contribution in [0.1, 0.15) is 30.9 Å². The molecule has 2 atom stereocenters. The summed E-state index contributed by atoms with van der Waals surface area (Å²) in [5, 5.41) is 13.5. The van der Waals surface area contributed by atoms with Gasteiger partial charge in [0.1, 0.15) is 30.0 Å². The van der Waals surface area contributed by atoms with E-state index in [9.17, 15) is 13.9 Å². The van der Waals surface area contributed by atoms with Gasteiger partial charge in [0.2, 0.25) is 0 Å². The Balaban J connectivity index is 1.79. The number of rotatable bonds is 8. The number of ether oxygens (including phenoxy) is 1. The molecule has 0 spiro atoms. The van der Waals surface area contributed by atoms with Gasteiger partial charge in [-0.3, -0.25) is 0 Å². The molecule has 1 aromatic heterocycles. The monoisotopic (exact) mass is 357 g/mol. The molecule has 0 fully saturated rings. The summed E-state index contributed by atoms with van der Waals surface area (Å²) >= 11 is 5.77. The van der Waals surface area contributed by atoms with Gasteiger partial charge in [0.25, 0.3) is 6.43 Å². The molecule has 24 heavy (non-hydrogen) atoms. The third-order valence-corrected chi connectivity index (χ3v) is 3.47. The molecule has 0 saturated carbocycles. The summed E-state index contributed by atoms with van der Waals surface area (Å²) in [4.78, 5) is 7.77. The molecule has 1 heterocycles. The molecule has 2 aromatic rings. The van der Waals surface area contributed by atoms with E-state index in [1.54, 1.807) is 31.2 Å². The van der Waals surface area contributed by atoms with E-state index in [0.717, 1.165) is 0 Å². The molecule has 0 amide bonds. The lowest BCUT2D eigenvalue weighted by atomic mass is 10.2. The summed E-state index contributed by atoms with van der Waals surface area (Å²) in [5.41, 5.74) is -0.319. The summed E-state index contributed by atoms with van der Waals surface area (Å²) in [5.74, 6) is 0.845. The molecule has 2 unspecified atom stereocenters. The van der Waals surface area contributed by atoms with Crippen LogP contribution in [0.5, 0.6) is 5.75 Å². The Morgan fingerprint density at radius 3 is 2.62 bits per heavy atom. The topological polar surface area (TPSA) is 67.3 Å². The molecule has 0 aliphatic rings. The lowest BCUT2D eigenvalue weighted by Crippen LogP contribution is -2.33. The first-order valence-corrected chi connectivity index (χ1v) is 7.74. The van der Waals surface area contributed by atoms with E-state index in [-0.39, 0.29) is 30.7 Å². The average molecular weight is 358 g/mol. The lowest BCUT2D eigenvalue weighted by molar-refractivity contribution is 0.104. The van der Waals surface area contributed by atoms with E-state index in [1.165, 1.54) is 12.3 Å². The van der Waals surface area contributed by atoms with Gasteiger partial charge in [0.15, 0.2) is 0 Å². The molecule has 8 heteroatoms. The molecular formula is C16H18ClF2N3O2. The Morgan fingerprint density at radius 1 is 1.25 bits per heavy atom. The van der Waals surface area contributed by atoms with Gasteiger partial charge in [-0.1, -0.05) is 11.6 Å². The zero-order chi connectivity index (χ0) is 17.5. The van der Waals surface area contributed by atoms with Crippen LogP contribution in [-0.4, -0.2) is 34.3 Å². The SMILES string of the molecule is CC(NCC(O)COc1ccc(Cl)cc1)c1nccc(C(F)F)n1. The van der Waals surface area contributed by atoms with Crippen molar-refractivity contribution in [2.75, 3.05) is 13.2 Å². The normalized spacial score (nSPS) is 13.8. The van der Waals surface area contributed by atoms with Crippen LogP contribution in [0.4, 0.5) is 8.78 Å². The smallest absolute Gasteiger partial charge is 0.280 e. The van der Waals surface area contributed by atoms with Crippen molar-refractivity contribution in [3.63, 3.8) is 0 Å². The number of alkyl halides is 2. The number of hydrogen-bond acceptors (Lipinski definition) is 5. The zero-order valence-electron chi connectivity index (χ0n) is 13.0. The van der Waals surface area contributed by atoms with Crippen LogP contribution in [0.15, 0.2) is 36.5 Å². The van der Waals surface area contributed by atoms with E-state index >= 15 is 0 Å². The predicted octanol–water partition coefficient (Wildman–Crippen LogP) is 3.16. The average Bonchev–Trinajstić information content (AvgIpc) is 2.59. The molecule has 0 bridgehead atoms. The number of benzene rings is 1. The first-order chi connectivity index (χ1) is 11.5. The maximum atomic E-state index is 12.6. The van der Waals surface area contributed by atoms with Crippen LogP contribution in [0, 0.1) is 0 Å². The largest absolute Gasteiger partial charge is 0.491 e. The highest BCUT2D eigenvalue weighted by molar-refractivity contribution is 6.30. The fraction of sp³-hybridized carbons (Fsp3) is 0.375. The summed E-state index contributed by atoms with van der Waals surface area (Å²) in [6.45, 7) is 2.02. The van der Waals surface area contributed by atoms with Crippen molar-refractivity contribution in [1.82, 2.24) is 15.3 Å². The van der Waals surface area contributed by atoms with Crippen LogP contribution in [-0.2, 0) is 0 Å². The minimum absolute atomic E-state index is 0.0826. The maximum Gasteiger partial charge on any atom is 0.280 e. The van der Waals surface area contributed by atoms with Crippen LogP contribution in [0.3, 0.4) is 0 Å². The van der Waals surface area contributed by atoms with E-state index in [2.05, 4.69) is 15.3 Å². The first-order valence-electron chi connectivity index (χ1n) is 7.36. The van der Waals surface area contributed by atoms with Gasteiger partial charge in [-0.25, -0.2) is 18.7 Å². The standard InChI is InChI=1S/C16H18ClF2N3O2/c1-10(16-20-7-6-14(22-16)15(18)19)21-8-12(23)9-24-13-4-2-11(17)3-5-13/h2-7,10,12,15,21,23H,8-9H2,1H3. The summed E-state index contributed by atoms with van der Waals surface area (Å²) in [6.07, 6.45) is -2.12. The van der Waals surface area contributed by atoms with Crippen molar-refractivity contribution in [2.24, 2.45) is 0 Å². The van der Waals surface area contributed by atoms with Crippen molar-refractivity contribution < 1.29 is 18.6 Å².